The summed E-state index contributed by atoms with van der Waals surface area (Å²) in [6.45, 7) is 4.04. The van der Waals surface area contributed by atoms with Crippen molar-refractivity contribution in [3.63, 3.8) is 0 Å². The van der Waals surface area contributed by atoms with E-state index in [0.717, 1.165) is 22.4 Å². The zero-order valence-electron chi connectivity index (χ0n) is 11.9. The third-order valence-corrected chi connectivity index (χ3v) is 3.94. The van der Waals surface area contributed by atoms with E-state index in [0.29, 0.717) is 0 Å². The van der Waals surface area contributed by atoms with Gasteiger partial charge in [-0.2, -0.15) is 0 Å². The van der Waals surface area contributed by atoms with Crippen LogP contribution in [0.15, 0.2) is 42.5 Å². The van der Waals surface area contributed by atoms with Gasteiger partial charge in [0.1, 0.15) is 5.82 Å². The van der Waals surface area contributed by atoms with Gasteiger partial charge in [-0.3, -0.25) is 0 Å². The fraction of sp³-hybridized carbons (Fsp3) is 0.235. The molecule has 0 aromatic heterocycles. The van der Waals surface area contributed by atoms with Crippen molar-refractivity contribution in [2.75, 3.05) is 5.32 Å². The molecule has 1 heterocycles. The van der Waals surface area contributed by atoms with E-state index in [1.807, 2.05) is 26.0 Å². The summed E-state index contributed by atoms with van der Waals surface area (Å²) in [6.07, 6.45) is -0.265. The number of halogens is 1. The molecule has 0 fully saturated rings. The number of rotatable bonds is 2. The Morgan fingerprint density at radius 2 is 1.81 bits per heavy atom. The predicted molar refractivity (Wildman–Crippen MR) is 87.0 cm³/mol. The molecule has 0 saturated carbocycles. The van der Waals surface area contributed by atoms with Crippen molar-refractivity contribution in [2.24, 2.45) is 0 Å². The molecule has 1 aliphatic heterocycles. The van der Waals surface area contributed by atoms with E-state index >= 15 is 0 Å². The van der Waals surface area contributed by atoms with Crippen LogP contribution in [0.4, 0.5) is 10.1 Å². The molecule has 1 N–H and O–H groups in total. The van der Waals surface area contributed by atoms with E-state index in [2.05, 4.69) is 11.4 Å². The van der Waals surface area contributed by atoms with Gasteiger partial charge in [0, 0.05) is 16.6 Å². The molecule has 0 aliphatic carbocycles. The van der Waals surface area contributed by atoms with Crippen LogP contribution in [0.3, 0.4) is 0 Å². The lowest BCUT2D eigenvalue weighted by Crippen LogP contribution is -2.39. The van der Waals surface area contributed by atoms with Crippen LogP contribution in [0.5, 0.6) is 0 Å². The Hall–Kier alpha value is -1.78. The van der Waals surface area contributed by atoms with Gasteiger partial charge in [0.2, 0.25) is 0 Å². The minimum atomic E-state index is -0.434. The van der Waals surface area contributed by atoms with Crippen LogP contribution >= 0.6 is 12.2 Å². The van der Waals surface area contributed by atoms with Crippen molar-refractivity contribution < 1.29 is 9.13 Å². The summed E-state index contributed by atoms with van der Waals surface area (Å²) in [4.78, 5) is 0. The molecule has 0 radical (unpaired) electrons. The highest BCUT2D eigenvalue weighted by Crippen LogP contribution is 2.38. The number of benzene rings is 2. The molecule has 2 aromatic carbocycles. The Bertz CT molecular complexity index is 682. The number of hydrogen-bond acceptors (Lipinski definition) is 3. The Labute approximate surface area is 128 Å². The van der Waals surface area contributed by atoms with Crippen molar-refractivity contribution in [1.29, 1.82) is 0 Å². The maximum Gasteiger partial charge on any atom is 0.158 e. The molecule has 108 valence electrons. The van der Waals surface area contributed by atoms with Gasteiger partial charge in [0.25, 0.3) is 0 Å². The quantitative estimate of drug-likeness (QED) is 0.825. The summed E-state index contributed by atoms with van der Waals surface area (Å²) in [5.41, 5.74) is 3.66. The van der Waals surface area contributed by atoms with Gasteiger partial charge in [-0.25, -0.2) is 4.39 Å². The highest BCUT2D eigenvalue weighted by atomic mass is 32.1. The number of ether oxygens (including phenoxy) is 1. The van der Waals surface area contributed by atoms with Gasteiger partial charge in [-0.05, 0) is 49.2 Å². The lowest BCUT2D eigenvalue weighted by molar-refractivity contribution is -0.0406. The van der Waals surface area contributed by atoms with Gasteiger partial charge in [0.15, 0.2) is 6.23 Å². The summed E-state index contributed by atoms with van der Waals surface area (Å²) >= 11 is 4.97. The largest absolute Gasteiger partial charge is 0.356 e. The average molecular weight is 301 g/mol. The first kappa shape index (κ1) is 14.2. The second-order valence-corrected chi connectivity index (χ2v) is 5.87. The van der Waals surface area contributed by atoms with Crippen LogP contribution in [0.25, 0.3) is 11.1 Å². The summed E-state index contributed by atoms with van der Waals surface area (Å²) in [5, 5.41) is 4.83. The number of fused-ring (bicyclic) bond motifs is 1. The normalized spacial score (nSPS) is 19.5. The fourth-order valence-corrected chi connectivity index (χ4v) is 2.74. The number of thiocarbonyl (C=S) groups is 1. The van der Waals surface area contributed by atoms with Crippen LogP contribution in [-0.2, 0) is 10.3 Å². The molecule has 4 heteroatoms. The van der Waals surface area contributed by atoms with Gasteiger partial charge in [-0.15, -0.1) is 0 Å². The molecule has 0 saturated heterocycles. The molecule has 2 nitrogen and oxygen atoms in total. The number of hydrogen-bond donors (Lipinski definition) is 1. The van der Waals surface area contributed by atoms with E-state index in [1.165, 1.54) is 12.1 Å². The molecular weight excluding hydrogens is 285 g/mol. The monoisotopic (exact) mass is 301 g/mol. The summed E-state index contributed by atoms with van der Waals surface area (Å²) < 4.78 is 19.0. The molecule has 21 heavy (non-hydrogen) atoms. The number of nitrogens with one attached hydrogen (secondary N) is 1. The Balaban J connectivity index is 2.05. The minimum absolute atomic E-state index is 0.231. The highest BCUT2D eigenvalue weighted by Gasteiger charge is 2.32. The first-order valence-corrected chi connectivity index (χ1v) is 7.27. The first-order chi connectivity index (χ1) is 9.99. The zero-order chi connectivity index (χ0) is 15.0. The average Bonchev–Trinajstić information content (AvgIpc) is 2.47. The van der Waals surface area contributed by atoms with E-state index in [-0.39, 0.29) is 12.0 Å². The SMILES string of the molecule is CC1(C)OC(C=S)Nc2ccc(-c3ccc(F)cc3)cc21. The van der Waals surface area contributed by atoms with Gasteiger partial charge >= 0.3 is 0 Å². The molecule has 2 aromatic rings. The van der Waals surface area contributed by atoms with Crippen molar-refractivity contribution in [2.45, 2.75) is 25.7 Å². The Kier molecular flexibility index (Phi) is 3.51. The van der Waals surface area contributed by atoms with Crippen LogP contribution in [0.1, 0.15) is 19.4 Å². The highest BCUT2D eigenvalue weighted by molar-refractivity contribution is 7.79. The lowest BCUT2D eigenvalue weighted by atomic mass is 9.91. The van der Waals surface area contributed by atoms with Crippen LogP contribution in [-0.4, -0.2) is 11.6 Å². The van der Waals surface area contributed by atoms with Crippen molar-refractivity contribution in [3.05, 3.63) is 53.8 Å². The second-order valence-electron chi connectivity index (χ2n) is 5.60. The fourth-order valence-electron chi connectivity index (χ4n) is 2.62. The van der Waals surface area contributed by atoms with E-state index in [9.17, 15) is 4.39 Å². The topological polar surface area (TPSA) is 21.3 Å². The standard InChI is InChI=1S/C17H16FNOS/c1-17(2)14-9-12(11-3-6-13(18)7-4-11)5-8-15(14)19-16(10-21)20-17/h3-10,16,19H,1-2H3. The smallest absolute Gasteiger partial charge is 0.158 e. The number of anilines is 1. The molecular formula is C17H16FNOS. The Morgan fingerprint density at radius 1 is 1.14 bits per heavy atom. The Morgan fingerprint density at radius 3 is 2.48 bits per heavy atom. The maximum absolute atomic E-state index is 13.0. The zero-order valence-corrected chi connectivity index (χ0v) is 12.7. The lowest BCUT2D eigenvalue weighted by Gasteiger charge is -2.37. The summed E-state index contributed by atoms with van der Waals surface area (Å²) in [6, 6.07) is 12.6. The molecule has 1 aliphatic rings. The van der Waals surface area contributed by atoms with E-state index < -0.39 is 5.60 Å². The minimum Gasteiger partial charge on any atom is -0.356 e. The van der Waals surface area contributed by atoms with Crippen molar-refractivity contribution in [1.82, 2.24) is 0 Å². The predicted octanol–water partition coefficient (Wildman–Crippen LogP) is 4.50. The molecule has 0 spiro atoms. The van der Waals surface area contributed by atoms with Crippen LogP contribution < -0.4 is 5.32 Å². The molecule has 0 bridgehead atoms. The van der Waals surface area contributed by atoms with E-state index in [1.54, 1.807) is 17.5 Å². The van der Waals surface area contributed by atoms with Crippen molar-refractivity contribution in [3.8, 4) is 11.1 Å². The third kappa shape index (κ3) is 2.69. The van der Waals surface area contributed by atoms with Crippen LogP contribution in [0, 0.1) is 5.82 Å². The maximum atomic E-state index is 13.0. The molecule has 1 atom stereocenters. The van der Waals surface area contributed by atoms with E-state index in [4.69, 9.17) is 17.0 Å². The van der Waals surface area contributed by atoms with Gasteiger partial charge in [-0.1, -0.05) is 30.4 Å². The van der Waals surface area contributed by atoms with Crippen molar-refractivity contribution >= 4 is 23.3 Å². The van der Waals surface area contributed by atoms with Crippen LogP contribution in [0.2, 0.25) is 0 Å². The van der Waals surface area contributed by atoms with Gasteiger partial charge < -0.3 is 10.1 Å². The second kappa shape index (κ2) is 5.20. The first-order valence-electron chi connectivity index (χ1n) is 6.80. The van der Waals surface area contributed by atoms with Gasteiger partial charge in [0.05, 0.1) is 5.60 Å². The molecule has 1 unspecified atom stereocenters. The molecule has 0 amide bonds. The third-order valence-electron chi connectivity index (χ3n) is 3.69. The summed E-state index contributed by atoms with van der Waals surface area (Å²) in [5.74, 6) is -0.231. The molecule has 3 rings (SSSR count). The summed E-state index contributed by atoms with van der Waals surface area (Å²) in [7, 11) is 0.